The fourth-order valence-corrected chi connectivity index (χ4v) is 3.01. The summed E-state index contributed by atoms with van der Waals surface area (Å²) in [6.07, 6.45) is -4.77. The number of methoxy groups -OCH3 is 1. The quantitative estimate of drug-likeness (QED) is 0.506. The standard InChI is InChI=1S/C18H12ClF3N2O3.C2H6/c1-9-11-7-6-10(17(26)27-2)8-14(11)24(23-9)16(25)15-12(18(20,21)22)4-3-5-13(15)19;1-2/h3-8H,1-2H3;1-2H3. The third-order valence-corrected chi connectivity index (χ3v) is 4.33. The molecular formula is C20H18ClF3N2O3. The van der Waals surface area contributed by atoms with E-state index in [1.165, 1.54) is 25.3 Å². The van der Waals surface area contributed by atoms with Crippen LogP contribution in [0.4, 0.5) is 13.2 Å². The van der Waals surface area contributed by atoms with Crippen molar-refractivity contribution in [3.63, 3.8) is 0 Å². The lowest BCUT2D eigenvalue weighted by Crippen LogP contribution is -2.20. The Morgan fingerprint density at radius 2 is 1.79 bits per heavy atom. The highest BCUT2D eigenvalue weighted by atomic mass is 35.5. The number of aromatic nitrogens is 2. The van der Waals surface area contributed by atoms with Crippen LogP contribution < -0.4 is 0 Å². The number of fused-ring (bicyclic) bond motifs is 1. The molecule has 0 aliphatic heterocycles. The number of alkyl halides is 3. The van der Waals surface area contributed by atoms with Gasteiger partial charge in [-0.2, -0.15) is 23.0 Å². The average molecular weight is 427 g/mol. The molecule has 5 nitrogen and oxygen atoms in total. The largest absolute Gasteiger partial charge is 0.465 e. The first kappa shape index (κ1) is 22.4. The molecule has 3 aromatic rings. The summed E-state index contributed by atoms with van der Waals surface area (Å²) in [7, 11) is 1.19. The van der Waals surface area contributed by atoms with Gasteiger partial charge in [0.1, 0.15) is 0 Å². The van der Waals surface area contributed by atoms with Crippen molar-refractivity contribution in [1.82, 2.24) is 9.78 Å². The molecule has 0 bridgehead atoms. The number of hydrogen-bond acceptors (Lipinski definition) is 4. The maximum atomic E-state index is 13.3. The summed E-state index contributed by atoms with van der Waals surface area (Å²) < 4.78 is 45.5. The Hall–Kier alpha value is -2.87. The predicted octanol–water partition coefficient (Wildman–Crippen LogP) is 5.52. The van der Waals surface area contributed by atoms with Crippen LogP contribution in [0.15, 0.2) is 36.4 Å². The minimum atomic E-state index is -4.77. The summed E-state index contributed by atoms with van der Waals surface area (Å²) in [5.41, 5.74) is -1.15. The lowest BCUT2D eigenvalue weighted by Gasteiger charge is -2.13. The van der Waals surface area contributed by atoms with Crippen LogP contribution in [0.25, 0.3) is 10.9 Å². The third kappa shape index (κ3) is 4.27. The molecule has 0 aliphatic carbocycles. The van der Waals surface area contributed by atoms with Crippen molar-refractivity contribution in [1.29, 1.82) is 0 Å². The highest BCUT2D eigenvalue weighted by molar-refractivity contribution is 6.34. The maximum Gasteiger partial charge on any atom is 0.417 e. The minimum absolute atomic E-state index is 0.133. The van der Waals surface area contributed by atoms with Gasteiger partial charge in [-0.1, -0.05) is 37.6 Å². The van der Waals surface area contributed by atoms with E-state index in [2.05, 4.69) is 9.84 Å². The molecule has 1 aromatic heterocycles. The van der Waals surface area contributed by atoms with Crippen LogP contribution in [0.1, 0.15) is 45.8 Å². The molecule has 0 saturated carbocycles. The molecule has 9 heteroatoms. The smallest absolute Gasteiger partial charge is 0.417 e. The summed E-state index contributed by atoms with van der Waals surface area (Å²) in [6, 6.07) is 7.45. The predicted molar refractivity (Wildman–Crippen MR) is 103 cm³/mol. The van der Waals surface area contributed by atoms with Crippen molar-refractivity contribution in [2.75, 3.05) is 7.11 Å². The highest BCUT2D eigenvalue weighted by Crippen LogP contribution is 2.36. The average Bonchev–Trinajstić information content (AvgIpc) is 3.03. The van der Waals surface area contributed by atoms with Gasteiger partial charge in [0.25, 0.3) is 5.91 Å². The summed E-state index contributed by atoms with van der Waals surface area (Å²) >= 11 is 5.91. The van der Waals surface area contributed by atoms with Crippen molar-refractivity contribution in [2.24, 2.45) is 0 Å². The second kappa shape index (κ2) is 8.65. The molecular weight excluding hydrogens is 409 g/mol. The Kier molecular flexibility index (Phi) is 6.69. The lowest BCUT2D eigenvalue weighted by atomic mass is 10.1. The number of esters is 1. The second-order valence-corrected chi connectivity index (χ2v) is 6.09. The number of halogens is 4. The Balaban J connectivity index is 0.00000145. The van der Waals surface area contributed by atoms with Crippen molar-refractivity contribution in [3.8, 4) is 0 Å². The maximum absolute atomic E-state index is 13.3. The van der Waals surface area contributed by atoms with Gasteiger partial charge in [0.2, 0.25) is 0 Å². The first-order chi connectivity index (χ1) is 13.6. The molecule has 0 amide bonds. The van der Waals surface area contributed by atoms with E-state index >= 15 is 0 Å². The fraction of sp³-hybridized carbons (Fsp3) is 0.250. The summed E-state index contributed by atoms with van der Waals surface area (Å²) in [5.74, 6) is -1.70. The molecule has 2 aromatic carbocycles. The van der Waals surface area contributed by atoms with Gasteiger partial charge in [0, 0.05) is 5.39 Å². The van der Waals surface area contributed by atoms with E-state index < -0.39 is 29.2 Å². The molecule has 0 N–H and O–H groups in total. The van der Waals surface area contributed by atoms with E-state index in [-0.39, 0.29) is 16.1 Å². The van der Waals surface area contributed by atoms with Crippen LogP contribution in [0.3, 0.4) is 0 Å². The van der Waals surface area contributed by atoms with Gasteiger partial charge in [-0.3, -0.25) is 4.79 Å². The number of benzene rings is 2. The Morgan fingerprint density at radius 1 is 1.14 bits per heavy atom. The number of carbonyl (C=O) groups is 2. The molecule has 0 unspecified atom stereocenters. The number of hydrogen-bond donors (Lipinski definition) is 0. The molecule has 154 valence electrons. The van der Waals surface area contributed by atoms with Gasteiger partial charge in [-0.05, 0) is 31.2 Å². The van der Waals surface area contributed by atoms with E-state index in [1.54, 1.807) is 13.0 Å². The summed E-state index contributed by atoms with van der Waals surface area (Å²) in [4.78, 5) is 24.7. The first-order valence-electron chi connectivity index (χ1n) is 8.63. The second-order valence-electron chi connectivity index (χ2n) is 5.69. The van der Waals surface area contributed by atoms with E-state index in [0.717, 1.165) is 16.8 Å². The van der Waals surface area contributed by atoms with Crippen LogP contribution in [0.2, 0.25) is 5.02 Å². The number of ether oxygens (including phenoxy) is 1. The minimum Gasteiger partial charge on any atom is -0.465 e. The normalized spacial score (nSPS) is 11.0. The number of rotatable bonds is 2. The SMILES string of the molecule is CC.COC(=O)c1ccc2c(C)nn(C(=O)c3c(Cl)cccc3C(F)(F)F)c2c1. The van der Waals surface area contributed by atoms with Gasteiger partial charge < -0.3 is 4.74 Å². The van der Waals surface area contributed by atoms with Crippen molar-refractivity contribution in [3.05, 3.63) is 63.8 Å². The van der Waals surface area contributed by atoms with Gasteiger partial charge in [-0.25, -0.2) is 4.79 Å². The van der Waals surface area contributed by atoms with Gasteiger partial charge in [0.05, 0.1) is 40.0 Å². The zero-order chi connectivity index (χ0) is 21.9. The van der Waals surface area contributed by atoms with E-state index in [4.69, 9.17) is 11.6 Å². The Labute approximate surface area is 170 Å². The Morgan fingerprint density at radius 3 is 2.38 bits per heavy atom. The topological polar surface area (TPSA) is 61.2 Å². The van der Waals surface area contributed by atoms with Crippen LogP contribution in [0.5, 0.6) is 0 Å². The van der Waals surface area contributed by atoms with Crippen LogP contribution in [-0.4, -0.2) is 28.8 Å². The Bertz CT molecular complexity index is 1070. The molecule has 0 saturated heterocycles. The molecule has 0 radical (unpaired) electrons. The monoisotopic (exact) mass is 426 g/mol. The van der Waals surface area contributed by atoms with Crippen LogP contribution in [-0.2, 0) is 10.9 Å². The number of aryl methyl sites for hydroxylation is 1. The lowest BCUT2D eigenvalue weighted by molar-refractivity contribution is -0.137. The molecule has 0 atom stereocenters. The summed E-state index contributed by atoms with van der Waals surface area (Å²) in [6.45, 7) is 5.60. The molecule has 29 heavy (non-hydrogen) atoms. The first-order valence-corrected chi connectivity index (χ1v) is 9.01. The van der Waals surface area contributed by atoms with Crippen LogP contribution >= 0.6 is 11.6 Å². The van der Waals surface area contributed by atoms with Gasteiger partial charge >= 0.3 is 12.1 Å². The molecule has 1 heterocycles. The number of carbonyl (C=O) groups excluding carboxylic acids is 2. The highest BCUT2D eigenvalue weighted by Gasteiger charge is 2.37. The molecule has 0 spiro atoms. The summed E-state index contributed by atoms with van der Waals surface area (Å²) in [5, 5.41) is 4.21. The van der Waals surface area contributed by atoms with E-state index in [9.17, 15) is 22.8 Å². The van der Waals surface area contributed by atoms with Crippen molar-refractivity contribution < 1.29 is 27.5 Å². The van der Waals surface area contributed by atoms with Gasteiger partial charge in [-0.15, -0.1) is 0 Å². The van der Waals surface area contributed by atoms with Crippen LogP contribution in [0, 0.1) is 6.92 Å². The number of nitrogens with zero attached hydrogens (tertiary/aromatic N) is 2. The molecule has 3 rings (SSSR count). The van der Waals surface area contributed by atoms with E-state index in [0.29, 0.717) is 11.1 Å². The molecule has 0 aliphatic rings. The van der Waals surface area contributed by atoms with Crippen molar-refractivity contribution in [2.45, 2.75) is 26.9 Å². The third-order valence-electron chi connectivity index (χ3n) is 4.01. The zero-order valence-corrected chi connectivity index (χ0v) is 16.9. The van der Waals surface area contributed by atoms with E-state index in [1.807, 2.05) is 13.8 Å². The van der Waals surface area contributed by atoms with Crippen molar-refractivity contribution >= 4 is 34.4 Å². The molecule has 0 fully saturated rings. The zero-order valence-electron chi connectivity index (χ0n) is 16.1. The van der Waals surface area contributed by atoms with Gasteiger partial charge in [0.15, 0.2) is 0 Å². The fourth-order valence-electron chi connectivity index (χ4n) is 2.75.